The van der Waals surface area contributed by atoms with Crippen molar-refractivity contribution < 1.29 is 5.11 Å². The Hall–Kier alpha value is -1.39. The zero-order valence-corrected chi connectivity index (χ0v) is 9.69. The van der Waals surface area contributed by atoms with Gasteiger partial charge in [-0.25, -0.2) is 9.97 Å². The molecule has 0 saturated heterocycles. The van der Waals surface area contributed by atoms with Crippen molar-refractivity contribution in [3.8, 4) is 0 Å². The lowest BCUT2D eigenvalue weighted by molar-refractivity contribution is 0.199. The maximum atomic E-state index is 9.46. The van der Waals surface area contributed by atoms with E-state index in [9.17, 15) is 5.11 Å². The second-order valence-electron chi connectivity index (χ2n) is 3.37. The van der Waals surface area contributed by atoms with E-state index in [1.807, 2.05) is 30.3 Å². The number of nitrogens with zero attached hydrogens (tertiary/aromatic N) is 2. The van der Waals surface area contributed by atoms with Crippen LogP contribution in [0.1, 0.15) is 18.6 Å². The molecule has 0 spiro atoms. The monoisotopic (exact) mass is 232 g/mol. The first-order valence-corrected chi connectivity index (χ1v) is 5.80. The molecule has 0 fully saturated rings. The predicted octanol–water partition coefficient (Wildman–Crippen LogP) is 2.68. The van der Waals surface area contributed by atoms with Crippen LogP contribution in [0.5, 0.6) is 0 Å². The zero-order valence-electron chi connectivity index (χ0n) is 8.87. The van der Waals surface area contributed by atoms with Crippen molar-refractivity contribution in [2.24, 2.45) is 0 Å². The third-order valence-electron chi connectivity index (χ3n) is 2.09. The molecule has 0 saturated carbocycles. The number of aromatic nitrogens is 2. The number of pyridine rings is 2. The minimum atomic E-state index is -0.467. The maximum Gasteiger partial charge on any atom is 0.103 e. The van der Waals surface area contributed by atoms with Crippen molar-refractivity contribution in [3.63, 3.8) is 0 Å². The third kappa shape index (κ3) is 2.81. The van der Waals surface area contributed by atoms with E-state index < -0.39 is 6.10 Å². The average molecular weight is 232 g/mol. The van der Waals surface area contributed by atoms with Crippen LogP contribution in [0.3, 0.4) is 0 Å². The van der Waals surface area contributed by atoms with Crippen molar-refractivity contribution >= 4 is 11.8 Å². The van der Waals surface area contributed by atoms with Gasteiger partial charge >= 0.3 is 0 Å². The number of hydrogen-bond acceptors (Lipinski definition) is 4. The van der Waals surface area contributed by atoms with Crippen molar-refractivity contribution in [3.05, 3.63) is 48.3 Å². The molecule has 2 aromatic rings. The molecule has 2 aromatic heterocycles. The summed E-state index contributed by atoms with van der Waals surface area (Å²) < 4.78 is 0. The molecule has 0 bridgehead atoms. The Labute approximate surface area is 98.6 Å². The van der Waals surface area contributed by atoms with E-state index in [2.05, 4.69) is 9.97 Å². The van der Waals surface area contributed by atoms with Gasteiger partial charge < -0.3 is 5.11 Å². The SMILES string of the molecule is CC(O)c1ccnc(Sc2ccccn2)c1. The Bertz CT molecular complexity index is 460. The molecular formula is C12H12N2OS. The summed E-state index contributed by atoms with van der Waals surface area (Å²) in [4.78, 5) is 8.44. The summed E-state index contributed by atoms with van der Waals surface area (Å²) in [6, 6.07) is 9.44. The number of rotatable bonds is 3. The predicted molar refractivity (Wildman–Crippen MR) is 63.2 cm³/mol. The van der Waals surface area contributed by atoms with Crippen LogP contribution in [0, 0.1) is 0 Å². The highest BCUT2D eigenvalue weighted by molar-refractivity contribution is 7.99. The lowest BCUT2D eigenvalue weighted by Crippen LogP contribution is -1.92. The molecule has 0 aromatic carbocycles. The van der Waals surface area contributed by atoms with E-state index in [0.717, 1.165) is 15.6 Å². The molecular weight excluding hydrogens is 220 g/mol. The Morgan fingerprint density at radius 2 is 1.94 bits per heavy atom. The molecule has 2 rings (SSSR count). The number of hydrogen-bond donors (Lipinski definition) is 1. The first kappa shape index (κ1) is 11.1. The molecule has 2 heterocycles. The minimum absolute atomic E-state index is 0.467. The van der Waals surface area contributed by atoms with Gasteiger partial charge in [0.1, 0.15) is 10.1 Å². The fraction of sp³-hybridized carbons (Fsp3) is 0.167. The lowest BCUT2D eigenvalue weighted by atomic mass is 10.2. The summed E-state index contributed by atoms with van der Waals surface area (Å²) in [5.74, 6) is 0. The van der Waals surface area contributed by atoms with Gasteiger partial charge in [0.15, 0.2) is 0 Å². The fourth-order valence-corrected chi connectivity index (χ4v) is 2.04. The van der Waals surface area contributed by atoms with Crippen LogP contribution in [0.15, 0.2) is 52.8 Å². The molecule has 0 radical (unpaired) electrons. The Kier molecular flexibility index (Phi) is 3.54. The highest BCUT2D eigenvalue weighted by atomic mass is 32.2. The van der Waals surface area contributed by atoms with E-state index in [4.69, 9.17) is 0 Å². The smallest absolute Gasteiger partial charge is 0.103 e. The van der Waals surface area contributed by atoms with Gasteiger partial charge in [-0.3, -0.25) is 0 Å². The van der Waals surface area contributed by atoms with Crippen LogP contribution in [0.25, 0.3) is 0 Å². The van der Waals surface area contributed by atoms with E-state index >= 15 is 0 Å². The zero-order chi connectivity index (χ0) is 11.4. The van der Waals surface area contributed by atoms with Gasteiger partial charge in [0.25, 0.3) is 0 Å². The van der Waals surface area contributed by atoms with Crippen LogP contribution in [-0.2, 0) is 0 Å². The fourth-order valence-electron chi connectivity index (χ4n) is 1.26. The molecule has 0 amide bonds. The number of aliphatic hydroxyl groups is 1. The van der Waals surface area contributed by atoms with Crippen molar-refractivity contribution in [2.75, 3.05) is 0 Å². The number of aliphatic hydroxyl groups excluding tert-OH is 1. The van der Waals surface area contributed by atoms with Gasteiger partial charge in [0.05, 0.1) is 6.10 Å². The second kappa shape index (κ2) is 5.09. The first-order chi connectivity index (χ1) is 7.75. The van der Waals surface area contributed by atoms with Crippen LogP contribution >= 0.6 is 11.8 Å². The summed E-state index contributed by atoms with van der Waals surface area (Å²) in [5.41, 5.74) is 0.869. The summed E-state index contributed by atoms with van der Waals surface area (Å²) in [7, 11) is 0. The topological polar surface area (TPSA) is 46.0 Å². The highest BCUT2D eigenvalue weighted by Crippen LogP contribution is 2.25. The molecule has 0 aliphatic heterocycles. The Morgan fingerprint density at radius 1 is 1.12 bits per heavy atom. The van der Waals surface area contributed by atoms with Crippen LogP contribution < -0.4 is 0 Å². The summed E-state index contributed by atoms with van der Waals surface area (Å²) in [6.07, 6.45) is 2.99. The van der Waals surface area contributed by atoms with E-state index in [0.29, 0.717) is 0 Å². The molecule has 1 atom stereocenters. The molecule has 0 aliphatic carbocycles. The second-order valence-corrected chi connectivity index (χ2v) is 4.41. The van der Waals surface area contributed by atoms with E-state index in [1.54, 1.807) is 19.3 Å². The summed E-state index contributed by atoms with van der Waals surface area (Å²) >= 11 is 1.49. The quantitative estimate of drug-likeness (QED) is 0.883. The molecule has 4 heteroatoms. The van der Waals surface area contributed by atoms with Gasteiger partial charge in [-0.2, -0.15) is 0 Å². The van der Waals surface area contributed by atoms with Gasteiger partial charge in [-0.15, -0.1) is 0 Å². The highest BCUT2D eigenvalue weighted by Gasteiger charge is 2.04. The molecule has 1 unspecified atom stereocenters. The normalized spacial score (nSPS) is 12.4. The minimum Gasteiger partial charge on any atom is -0.389 e. The maximum absolute atomic E-state index is 9.46. The largest absolute Gasteiger partial charge is 0.389 e. The van der Waals surface area contributed by atoms with Gasteiger partial charge in [0.2, 0.25) is 0 Å². The van der Waals surface area contributed by atoms with Gasteiger partial charge in [-0.1, -0.05) is 17.8 Å². The van der Waals surface area contributed by atoms with E-state index in [-0.39, 0.29) is 0 Å². The summed E-state index contributed by atoms with van der Waals surface area (Å²) in [6.45, 7) is 1.74. The molecule has 0 aliphatic rings. The Morgan fingerprint density at radius 3 is 2.62 bits per heavy atom. The molecule has 3 nitrogen and oxygen atoms in total. The van der Waals surface area contributed by atoms with Crippen molar-refractivity contribution in [1.29, 1.82) is 0 Å². The molecule has 16 heavy (non-hydrogen) atoms. The average Bonchev–Trinajstić information content (AvgIpc) is 2.30. The Balaban J connectivity index is 2.19. The van der Waals surface area contributed by atoms with E-state index in [1.165, 1.54) is 11.8 Å². The standard InChI is InChI=1S/C12H12N2OS/c1-9(15)10-5-7-14-12(8-10)16-11-4-2-3-6-13-11/h2-9,15H,1H3. The first-order valence-electron chi connectivity index (χ1n) is 4.98. The van der Waals surface area contributed by atoms with Crippen LogP contribution in [0.4, 0.5) is 0 Å². The molecule has 82 valence electrons. The van der Waals surface area contributed by atoms with Crippen molar-refractivity contribution in [1.82, 2.24) is 9.97 Å². The van der Waals surface area contributed by atoms with Crippen molar-refractivity contribution in [2.45, 2.75) is 23.1 Å². The molecule has 1 N–H and O–H groups in total. The van der Waals surface area contributed by atoms with Crippen LogP contribution in [0.2, 0.25) is 0 Å². The lowest BCUT2D eigenvalue weighted by Gasteiger charge is -2.05. The van der Waals surface area contributed by atoms with Gasteiger partial charge in [-0.05, 0) is 36.8 Å². The summed E-state index contributed by atoms with van der Waals surface area (Å²) in [5, 5.41) is 11.2. The van der Waals surface area contributed by atoms with Crippen LogP contribution in [-0.4, -0.2) is 15.1 Å². The third-order valence-corrected chi connectivity index (χ3v) is 2.97. The van der Waals surface area contributed by atoms with Gasteiger partial charge in [0, 0.05) is 12.4 Å².